The molecule has 0 bridgehead atoms. The van der Waals surface area contributed by atoms with Crippen molar-refractivity contribution in [3.05, 3.63) is 18.0 Å². The first-order valence-corrected chi connectivity index (χ1v) is 6.60. The van der Waals surface area contributed by atoms with Crippen molar-refractivity contribution in [1.82, 2.24) is 15.1 Å². The molecule has 2 rings (SSSR count). The molecule has 0 spiro atoms. The van der Waals surface area contributed by atoms with Crippen LogP contribution in [-0.2, 0) is 4.79 Å². The van der Waals surface area contributed by atoms with E-state index in [0.29, 0.717) is 37.9 Å². The predicted molar refractivity (Wildman–Crippen MR) is 68.7 cm³/mol. The average Bonchev–Trinajstić information content (AvgIpc) is 2.93. The van der Waals surface area contributed by atoms with Gasteiger partial charge in [-0.05, 0) is 19.3 Å². The van der Waals surface area contributed by atoms with Gasteiger partial charge in [-0.25, -0.2) is 0 Å². The van der Waals surface area contributed by atoms with Gasteiger partial charge in [0.25, 0.3) is 5.91 Å². The third kappa shape index (κ3) is 2.62. The van der Waals surface area contributed by atoms with Crippen molar-refractivity contribution >= 4 is 11.9 Å². The van der Waals surface area contributed by atoms with E-state index < -0.39 is 11.4 Å². The fourth-order valence-electron chi connectivity index (χ4n) is 2.74. The molecule has 1 aliphatic rings. The minimum Gasteiger partial charge on any atom is -0.481 e. The van der Waals surface area contributed by atoms with E-state index in [1.807, 2.05) is 6.92 Å². The maximum Gasteiger partial charge on any atom is 0.309 e. The van der Waals surface area contributed by atoms with E-state index >= 15 is 0 Å². The molecular formula is C13H19N3O3. The van der Waals surface area contributed by atoms with Crippen LogP contribution in [0.15, 0.2) is 12.4 Å². The lowest BCUT2D eigenvalue weighted by molar-refractivity contribution is -0.152. The van der Waals surface area contributed by atoms with E-state index in [1.54, 1.807) is 11.1 Å². The van der Waals surface area contributed by atoms with Crippen LogP contribution in [0.3, 0.4) is 0 Å². The van der Waals surface area contributed by atoms with E-state index in [0.717, 1.165) is 6.42 Å². The molecule has 19 heavy (non-hydrogen) atoms. The van der Waals surface area contributed by atoms with Crippen LogP contribution in [0.25, 0.3) is 0 Å². The zero-order chi connectivity index (χ0) is 13.9. The van der Waals surface area contributed by atoms with E-state index in [2.05, 4.69) is 10.2 Å². The Kier molecular flexibility index (Phi) is 3.87. The number of aromatic amines is 1. The molecule has 104 valence electrons. The molecule has 6 heteroatoms. The van der Waals surface area contributed by atoms with Gasteiger partial charge in [-0.2, -0.15) is 5.10 Å². The molecule has 1 saturated heterocycles. The zero-order valence-electron chi connectivity index (χ0n) is 11.1. The number of nitrogens with zero attached hydrogens (tertiary/aromatic N) is 2. The molecule has 0 atom stereocenters. The Labute approximate surface area is 111 Å². The number of hydrogen-bond donors (Lipinski definition) is 2. The van der Waals surface area contributed by atoms with Crippen LogP contribution in [0.1, 0.15) is 43.0 Å². The number of piperidine rings is 1. The second-order valence-electron chi connectivity index (χ2n) is 5.11. The number of rotatable bonds is 4. The highest BCUT2D eigenvalue weighted by Gasteiger charge is 2.41. The van der Waals surface area contributed by atoms with Crippen LogP contribution in [0, 0.1) is 5.41 Å². The molecule has 0 radical (unpaired) electrons. The Hall–Kier alpha value is -1.85. The van der Waals surface area contributed by atoms with Gasteiger partial charge in [-0.1, -0.05) is 13.3 Å². The number of likely N-dealkylation sites (tertiary alicyclic amines) is 1. The Bertz CT molecular complexity index is 448. The maximum atomic E-state index is 12.1. The van der Waals surface area contributed by atoms with Gasteiger partial charge >= 0.3 is 5.97 Å². The van der Waals surface area contributed by atoms with Gasteiger partial charge in [0.15, 0.2) is 0 Å². The fourth-order valence-corrected chi connectivity index (χ4v) is 2.74. The van der Waals surface area contributed by atoms with Gasteiger partial charge in [-0.3, -0.25) is 14.7 Å². The molecule has 0 unspecified atom stereocenters. The molecule has 1 fully saturated rings. The van der Waals surface area contributed by atoms with Gasteiger partial charge in [0, 0.05) is 19.3 Å². The minimum absolute atomic E-state index is 0.0794. The lowest BCUT2D eigenvalue weighted by Crippen LogP contribution is -2.46. The molecule has 0 saturated carbocycles. The quantitative estimate of drug-likeness (QED) is 0.864. The molecule has 0 aliphatic carbocycles. The van der Waals surface area contributed by atoms with Crippen LogP contribution in [0.4, 0.5) is 0 Å². The summed E-state index contributed by atoms with van der Waals surface area (Å²) in [5.74, 6) is -0.811. The predicted octanol–water partition coefficient (Wildman–Crippen LogP) is 1.52. The molecular weight excluding hydrogens is 246 g/mol. The molecule has 1 amide bonds. The number of carboxylic acids is 1. The maximum absolute atomic E-state index is 12.1. The van der Waals surface area contributed by atoms with Crippen molar-refractivity contribution in [2.24, 2.45) is 5.41 Å². The smallest absolute Gasteiger partial charge is 0.309 e. The molecule has 2 heterocycles. The zero-order valence-corrected chi connectivity index (χ0v) is 11.1. The lowest BCUT2D eigenvalue weighted by Gasteiger charge is -2.38. The summed E-state index contributed by atoms with van der Waals surface area (Å²) in [6.45, 7) is 2.99. The van der Waals surface area contributed by atoms with Crippen LogP contribution < -0.4 is 0 Å². The van der Waals surface area contributed by atoms with Crippen molar-refractivity contribution in [2.75, 3.05) is 13.1 Å². The molecule has 6 nitrogen and oxygen atoms in total. The lowest BCUT2D eigenvalue weighted by atomic mass is 9.75. The van der Waals surface area contributed by atoms with E-state index in [-0.39, 0.29) is 5.91 Å². The van der Waals surface area contributed by atoms with Crippen LogP contribution in [0.5, 0.6) is 0 Å². The van der Waals surface area contributed by atoms with Crippen molar-refractivity contribution in [2.45, 2.75) is 32.6 Å². The number of nitrogens with one attached hydrogen (secondary N) is 1. The molecule has 2 N–H and O–H groups in total. The van der Waals surface area contributed by atoms with Crippen LogP contribution in [-0.4, -0.2) is 45.2 Å². The van der Waals surface area contributed by atoms with Gasteiger partial charge < -0.3 is 10.0 Å². The molecule has 0 aromatic carbocycles. The first kappa shape index (κ1) is 13.6. The first-order chi connectivity index (χ1) is 9.09. The fraction of sp³-hybridized carbons (Fsp3) is 0.615. The number of aromatic nitrogens is 2. The summed E-state index contributed by atoms with van der Waals surface area (Å²) in [6, 6.07) is 0. The highest BCUT2D eigenvalue weighted by Crippen LogP contribution is 2.36. The molecule has 1 aliphatic heterocycles. The summed E-state index contributed by atoms with van der Waals surface area (Å²) in [5, 5.41) is 15.8. The Morgan fingerprint density at radius 2 is 2.16 bits per heavy atom. The van der Waals surface area contributed by atoms with Gasteiger partial charge in [0.05, 0.1) is 17.2 Å². The third-order valence-corrected chi connectivity index (χ3v) is 3.94. The number of carbonyl (C=O) groups is 2. The van der Waals surface area contributed by atoms with Crippen molar-refractivity contribution in [3.8, 4) is 0 Å². The number of amides is 1. The standard InChI is InChI=1S/C13H19N3O3/c1-2-3-13(12(18)19)4-6-16(7-5-13)11(17)10-8-14-15-9-10/h8-9H,2-7H2,1H3,(H,14,15)(H,18,19). The second-order valence-corrected chi connectivity index (χ2v) is 5.11. The topological polar surface area (TPSA) is 86.3 Å². The number of H-pyrrole nitrogens is 1. The van der Waals surface area contributed by atoms with Crippen LogP contribution >= 0.6 is 0 Å². The summed E-state index contributed by atoms with van der Waals surface area (Å²) in [5.41, 5.74) is -0.125. The Morgan fingerprint density at radius 1 is 1.47 bits per heavy atom. The minimum atomic E-state index is -0.732. The van der Waals surface area contributed by atoms with Crippen molar-refractivity contribution in [3.63, 3.8) is 0 Å². The monoisotopic (exact) mass is 265 g/mol. The summed E-state index contributed by atoms with van der Waals surface area (Å²) < 4.78 is 0. The van der Waals surface area contributed by atoms with Gasteiger partial charge in [0.1, 0.15) is 0 Å². The first-order valence-electron chi connectivity index (χ1n) is 6.60. The molecule has 1 aromatic rings. The normalized spacial score (nSPS) is 18.3. The van der Waals surface area contributed by atoms with Crippen LogP contribution in [0.2, 0.25) is 0 Å². The second kappa shape index (κ2) is 5.42. The summed E-state index contributed by atoms with van der Waals surface area (Å²) >= 11 is 0. The van der Waals surface area contributed by atoms with Gasteiger partial charge in [-0.15, -0.1) is 0 Å². The highest BCUT2D eigenvalue weighted by atomic mass is 16.4. The summed E-state index contributed by atoms with van der Waals surface area (Å²) in [7, 11) is 0. The van der Waals surface area contributed by atoms with Crippen molar-refractivity contribution in [1.29, 1.82) is 0 Å². The largest absolute Gasteiger partial charge is 0.481 e. The summed E-state index contributed by atoms with van der Waals surface area (Å²) in [4.78, 5) is 25.3. The number of hydrogen-bond acceptors (Lipinski definition) is 3. The average molecular weight is 265 g/mol. The van der Waals surface area contributed by atoms with E-state index in [9.17, 15) is 14.7 Å². The molecule has 1 aromatic heterocycles. The number of carboxylic acid groups (broad SMARTS) is 1. The Morgan fingerprint density at radius 3 is 2.63 bits per heavy atom. The van der Waals surface area contributed by atoms with Gasteiger partial charge in [0.2, 0.25) is 0 Å². The third-order valence-electron chi connectivity index (χ3n) is 3.94. The summed E-state index contributed by atoms with van der Waals surface area (Å²) in [6.07, 6.45) is 5.64. The van der Waals surface area contributed by atoms with E-state index in [1.165, 1.54) is 6.20 Å². The highest BCUT2D eigenvalue weighted by molar-refractivity contribution is 5.93. The van der Waals surface area contributed by atoms with Crippen molar-refractivity contribution < 1.29 is 14.7 Å². The SMILES string of the molecule is CCCC1(C(=O)O)CCN(C(=O)c2cn[nH]c2)CC1. The number of aliphatic carboxylic acids is 1. The number of carbonyl (C=O) groups excluding carboxylic acids is 1. The van der Waals surface area contributed by atoms with E-state index in [4.69, 9.17) is 0 Å². The Balaban J connectivity index is 2.02.